The smallest absolute Gasteiger partial charge is 0.137 e. The van der Waals surface area contributed by atoms with Gasteiger partial charge in [-0.05, 0) is 29.8 Å². The lowest BCUT2D eigenvalue weighted by atomic mass is 10.0. The maximum atomic E-state index is 15.2. The molecule has 0 saturated heterocycles. The highest BCUT2D eigenvalue weighted by Gasteiger charge is 2.14. The average molecular weight is 501 g/mol. The lowest BCUT2D eigenvalue weighted by Crippen LogP contribution is -2.18. The molecule has 0 radical (unpaired) electrons. The molecule has 0 aliphatic heterocycles. The van der Waals surface area contributed by atoms with E-state index in [2.05, 4.69) is 11.4 Å². The molecule has 0 unspecified atom stereocenters. The van der Waals surface area contributed by atoms with Crippen LogP contribution in [-0.2, 0) is 19.8 Å². The Bertz CT molecular complexity index is 1400. The number of aliphatic hydroxyl groups is 1. The Balaban J connectivity index is 1.52. The van der Waals surface area contributed by atoms with E-state index in [4.69, 9.17) is 19.8 Å². The molecule has 188 valence electrons. The first kappa shape index (κ1) is 25.8. The van der Waals surface area contributed by atoms with E-state index in [9.17, 15) is 4.39 Å². The zero-order chi connectivity index (χ0) is 26.0. The Morgan fingerprint density at radius 1 is 0.811 bits per heavy atom. The van der Waals surface area contributed by atoms with Gasteiger partial charge in [0.25, 0.3) is 0 Å². The molecular weight excluding hydrogens is 474 g/mol. The van der Waals surface area contributed by atoms with Crippen LogP contribution in [0.4, 0.5) is 8.78 Å². The minimum Gasteiger partial charge on any atom is -0.489 e. The molecule has 0 atom stereocenters. The fourth-order valence-corrected chi connectivity index (χ4v) is 3.84. The second kappa shape index (κ2) is 12.6. The van der Waals surface area contributed by atoms with Crippen molar-refractivity contribution in [2.45, 2.75) is 19.8 Å². The number of nitrogens with zero attached hydrogens (tertiary/aromatic N) is 1. The number of benzene rings is 4. The first-order chi connectivity index (χ1) is 18.1. The zero-order valence-corrected chi connectivity index (χ0v) is 20.1. The molecule has 0 aliphatic carbocycles. The van der Waals surface area contributed by atoms with E-state index in [1.165, 1.54) is 12.1 Å². The fourth-order valence-electron chi connectivity index (χ4n) is 3.84. The molecule has 0 amide bonds. The van der Waals surface area contributed by atoms with Gasteiger partial charge in [-0.15, -0.1) is 0 Å². The number of nitrogens with one attached hydrogen (secondary N) is 1. The van der Waals surface area contributed by atoms with Crippen molar-refractivity contribution >= 4 is 0 Å². The van der Waals surface area contributed by atoms with Gasteiger partial charge < -0.3 is 19.9 Å². The number of ether oxygens (including phenoxy) is 2. The van der Waals surface area contributed by atoms with Gasteiger partial charge in [-0.25, -0.2) is 8.78 Å². The standard InChI is InChI=1S/C30H26F2N2O3/c31-28-10-2-1-8-26(28)27-9-4-7-24(30(27)32)20-36-25-12-11-23(18-34-13-14-35)29(16-25)37-19-22-6-3-5-21(15-22)17-33/h1-12,15-16,34-35H,13-14,18-20H2. The highest BCUT2D eigenvalue weighted by molar-refractivity contribution is 5.65. The normalized spacial score (nSPS) is 10.6. The molecule has 5 nitrogen and oxygen atoms in total. The third-order valence-electron chi connectivity index (χ3n) is 5.73. The summed E-state index contributed by atoms with van der Waals surface area (Å²) in [7, 11) is 0. The van der Waals surface area contributed by atoms with Gasteiger partial charge in [-0.2, -0.15) is 5.26 Å². The van der Waals surface area contributed by atoms with Crippen LogP contribution in [0.2, 0.25) is 0 Å². The summed E-state index contributed by atoms with van der Waals surface area (Å²) in [6.45, 7) is 1.09. The predicted octanol–water partition coefficient (Wildman–Crippen LogP) is 5.74. The molecule has 0 spiro atoms. The zero-order valence-electron chi connectivity index (χ0n) is 20.1. The van der Waals surface area contributed by atoms with E-state index in [0.29, 0.717) is 35.7 Å². The SMILES string of the molecule is N#Cc1cccc(COc2cc(OCc3cccc(-c4ccccc4F)c3F)ccc2CNCCO)c1. The molecular formula is C30H26F2N2O3. The van der Waals surface area contributed by atoms with E-state index >= 15 is 4.39 Å². The summed E-state index contributed by atoms with van der Waals surface area (Å²) in [6, 6.07) is 25.5. The van der Waals surface area contributed by atoms with Crippen LogP contribution >= 0.6 is 0 Å². The lowest BCUT2D eigenvalue weighted by molar-refractivity contribution is 0.281. The van der Waals surface area contributed by atoms with E-state index in [1.54, 1.807) is 60.7 Å². The van der Waals surface area contributed by atoms with Gasteiger partial charge in [0, 0.05) is 41.4 Å². The van der Waals surface area contributed by atoms with E-state index < -0.39 is 11.6 Å². The summed E-state index contributed by atoms with van der Waals surface area (Å²) in [5.41, 5.74) is 2.90. The topological polar surface area (TPSA) is 74.5 Å². The highest BCUT2D eigenvalue weighted by atomic mass is 19.1. The van der Waals surface area contributed by atoms with Crippen LogP contribution in [0.1, 0.15) is 22.3 Å². The summed E-state index contributed by atoms with van der Waals surface area (Å²) in [4.78, 5) is 0. The van der Waals surface area contributed by atoms with Crippen molar-refractivity contribution in [1.29, 1.82) is 5.26 Å². The highest BCUT2D eigenvalue weighted by Crippen LogP contribution is 2.30. The third-order valence-corrected chi connectivity index (χ3v) is 5.73. The molecule has 0 fully saturated rings. The predicted molar refractivity (Wildman–Crippen MR) is 137 cm³/mol. The van der Waals surface area contributed by atoms with Gasteiger partial charge in [0.2, 0.25) is 0 Å². The van der Waals surface area contributed by atoms with Crippen molar-refractivity contribution in [1.82, 2.24) is 5.32 Å². The van der Waals surface area contributed by atoms with E-state index in [1.807, 2.05) is 12.1 Å². The molecule has 4 aromatic rings. The van der Waals surface area contributed by atoms with E-state index in [-0.39, 0.29) is 30.9 Å². The van der Waals surface area contributed by atoms with Crippen LogP contribution in [0.5, 0.6) is 11.5 Å². The van der Waals surface area contributed by atoms with Crippen molar-refractivity contribution in [3.63, 3.8) is 0 Å². The molecule has 7 heteroatoms. The maximum absolute atomic E-state index is 15.2. The molecule has 0 bridgehead atoms. The average Bonchev–Trinajstić information content (AvgIpc) is 2.93. The number of hydrogen-bond donors (Lipinski definition) is 2. The Labute approximate surface area is 214 Å². The summed E-state index contributed by atoms with van der Waals surface area (Å²) >= 11 is 0. The van der Waals surface area contributed by atoms with Crippen molar-refractivity contribution in [3.05, 3.63) is 119 Å². The summed E-state index contributed by atoms with van der Waals surface area (Å²) in [6.07, 6.45) is 0. The van der Waals surface area contributed by atoms with Crippen molar-refractivity contribution in [3.8, 4) is 28.7 Å². The summed E-state index contributed by atoms with van der Waals surface area (Å²) in [5, 5.41) is 21.3. The van der Waals surface area contributed by atoms with Crippen molar-refractivity contribution < 1.29 is 23.4 Å². The molecule has 37 heavy (non-hydrogen) atoms. The van der Waals surface area contributed by atoms with Gasteiger partial charge in [-0.3, -0.25) is 0 Å². The molecule has 0 aliphatic rings. The first-order valence-corrected chi connectivity index (χ1v) is 11.8. The van der Waals surface area contributed by atoms with Gasteiger partial charge in [0.05, 0.1) is 18.2 Å². The second-order valence-corrected chi connectivity index (χ2v) is 8.32. The monoisotopic (exact) mass is 500 g/mol. The maximum Gasteiger partial charge on any atom is 0.137 e. The van der Waals surface area contributed by atoms with Crippen LogP contribution in [0.25, 0.3) is 11.1 Å². The van der Waals surface area contributed by atoms with Crippen LogP contribution in [0.3, 0.4) is 0 Å². The molecule has 0 aromatic heterocycles. The minimum atomic E-state index is -0.536. The number of halogens is 2. The second-order valence-electron chi connectivity index (χ2n) is 8.32. The van der Waals surface area contributed by atoms with Gasteiger partial charge in [-0.1, -0.05) is 54.6 Å². The Morgan fingerprint density at radius 2 is 1.62 bits per heavy atom. The van der Waals surface area contributed by atoms with Crippen LogP contribution < -0.4 is 14.8 Å². The van der Waals surface area contributed by atoms with Crippen LogP contribution in [-0.4, -0.2) is 18.3 Å². The summed E-state index contributed by atoms with van der Waals surface area (Å²) in [5.74, 6) is 0.00601. The van der Waals surface area contributed by atoms with Gasteiger partial charge in [0.15, 0.2) is 0 Å². The lowest BCUT2D eigenvalue weighted by Gasteiger charge is -2.15. The van der Waals surface area contributed by atoms with Crippen molar-refractivity contribution in [2.24, 2.45) is 0 Å². The Hall–Kier alpha value is -4.25. The van der Waals surface area contributed by atoms with Crippen molar-refractivity contribution in [2.75, 3.05) is 13.2 Å². The Morgan fingerprint density at radius 3 is 2.43 bits per heavy atom. The number of rotatable bonds is 11. The summed E-state index contributed by atoms with van der Waals surface area (Å²) < 4.78 is 41.4. The molecule has 0 saturated carbocycles. The third kappa shape index (κ3) is 6.70. The molecule has 0 heterocycles. The molecule has 4 aromatic carbocycles. The number of nitriles is 1. The van der Waals surface area contributed by atoms with E-state index in [0.717, 1.165) is 11.1 Å². The van der Waals surface area contributed by atoms with Gasteiger partial charge >= 0.3 is 0 Å². The van der Waals surface area contributed by atoms with Crippen LogP contribution in [0.15, 0.2) is 84.9 Å². The minimum absolute atomic E-state index is 0.00977. The molecule has 4 rings (SSSR count). The van der Waals surface area contributed by atoms with Gasteiger partial charge in [0.1, 0.15) is 36.3 Å². The Kier molecular flexibility index (Phi) is 8.82. The largest absolute Gasteiger partial charge is 0.489 e. The van der Waals surface area contributed by atoms with Crippen LogP contribution in [0, 0.1) is 23.0 Å². The molecule has 2 N–H and O–H groups in total. The quantitative estimate of drug-likeness (QED) is 0.257. The fraction of sp³-hybridized carbons (Fsp3) is 0.167. The number of aliphatic hydroxyl groups excluding tert-OH is 1. The first-order valence-electron chi connectivity index (χ1n) is 11.8. The number of hydrogen-bond acceptors (Lipinski definition) is 5.